The van der Waals surface area contributed by atoms with Crippen molar-refractivity contribution in [2.24, 2.45) is 5.92 Å². The first kappa shape index (κ1) is 38.1. The summed E-state index contributed by atoms with van der Waals surface area (Å²) in [6.07, 6.45) is 0. The second kappa shape index (κ2) is 14.2. The lowest BCUT2D eigenvalue weighted by Crippen LogP contribution is -2.31. The minimum absolute atomic E-state index is 0.0253. The van der Waals surface area contributed by atoms with Crippen LogP contribution < -0.4 is 0 Å². The maximum absolute atomic E-state index is 5.25. The molecular weight excluding hydrogens is 779 g/mol. The Morgan fingerprint density at radius 1 is 0.375 bits per heavy atom. The van der Waals surface area contributed by atoms with Crippen LogP contribution in [0.25, 0.3) is 100 Å². The van der Waals surface area contributed by atoms with Crippen molar-refractivity contribution in [1.82, 2.24) is 24.1 Å². The number of rotatable bonds is 6. The van der Waals surface area contributed by atoms with Crippen molar-refractivity contribution in [2.75, 3.05) is 0 Å². The van der Waals surface area contributed by atoms with Crippen LogP contribution in [0.4, 0.5) is 0 Å². The Morgan fingerprint density at radius 2 is 0.812 bits per heavy atom. The van der Waals surface area contributed by atoms with Crippen LogP contribution in [0.3, 0.4) is 0 Å². The molecule has 1 atom stereocenters. The number of nitrogens with zero attached hydrogens (tertiary/aromatic N) is 5. The van der Waals surface area contributed by atoms with Gasteiger partial charge in [0.05, 0.1) is 33.4 Å². The van der Waals surface area contributed by atoms with Gasteiger partial charge in [0.25, 0.3) is 0 Å². The van der Waals surface area contributed by atoms with Gasteiger partial charge in [-0.2, -0.15) is 0 Å². The summed E-state index contributed by atoms with van der Waals surface area (Å²) < 4.78 is 5.00. The Morgan fingerprint density at radius 3 is 1.38 bits per heavy atom. The average Bonchev–Trinajstić information content (AvgIpc) is 3.91. The molecule has 1 unspecified atom stereocenters. The number of benzene rings is 8. The molecule has 3 heterocycles. The molecule has 0 bridgehead atoms. The monoisotopic (exact) mass is 825 g/mol. The van der Waals surface area contributed by atoms with E-state index < -0.39 is 0 Å². The van der Waals surface area contributed by atoms with E-state index in [4.69, 9.17) is 15.0 Å². The highest BCUT2D eigenvalue weighted by molar-refractivity contribution is 6.24. The van der Waals surface area contributed by atoms with Crippen LogP contribution in [0, 0.1) is 5.92 Å². The molecule has 64 heavy (non-hydrogen) atoms. The highest BCUT2D eigenvalue weighted by atomic mass is 15.1. The molecule has 0 saturated carbocycles. The minimum atomic E-state index is -0.0253. The number of hydrogen-bond acceptors (Lipinski definition) is 3. The van der Waals surface area contributed by atoms with E-state index in [0.29, 0.717) is 23.4 Å². The Balaban J connectivity index is 1.19. The molecule has 0 saturated heterocycles. The number of aromatic nitrogens is 5. The van der Waals surface area contributed by atoms with E-state index in [1.54, 1.807) is 0 Å². The molecule has 0 fully saturated rings. The standard InChI is InChI=1S/C59H47N5/c1-37-58(2,3)47-30-20-29-43(52(47)59(37,4)5)40-25-12-16-31-48(40)63-49-32-17-13-26-41(49)44-35-36-45-42-27-14-18-33-50(42)64(54(45)53(44)63)51-34-19-15-28-46(51)57-61-55(38-21-8-6-9-22-38)60-56(62-57)39-23-10-7-11-24-39/h6-37H,1-5H3. The lowest BCUT2D eigenvalue weighted by atomic mass is 9.71. The zero-order valence-electron chi connectivity index (χ0n) is 36.7. The maximum Gasteiger partial charge on any atom is 0.166 e. The van der Waals surface area contributed by atoms with Gasteiger partial charge in [0.15, 0.2) is 17.5 Å². The Labute approximate surface area is 373 Å². The van der Waals surface area contributed by atoms with Crippen LogP contribution in [0.5, 0.6) is 0 Å². The third kappa shape index (κ3) is 5.53. The van der Waals surface area contributed by atoms with E-state index in [0.717, 1.165) is 44.6 Å². The highest BCUT2D eigenvalue weighted by Crippen LogP contribution is 2.57. The first-order valence-corrected chi connectivity index (χ1v) is 22.4. The van der Waals surface area contributed by atoms with Gasteiger partial charge in [0, 0.05) is 43.8 Å². The summed E-state index contributed by atoms with van der Waals surface area (Å²) >= 11 is 0. The largest absolute Gasteiger partial charge is 0.307 e. The average molecular weight is 826 g/mol. The van der Waals surface area contributed by atoms with E-state index in [9.17, 15) is 0 Å². The molecular formula is C59H47N5. The lowest BCUT2D eigenvalue weighted by Gasteiger charge is -2.33. The zero-order valence-corrected chi connectivity index (χ0v) is 36.7. The fraction of sp³-hybridized carbons (Fsp3) is 0.136. The highest BCUT2D eigenvalue weighted by Gasteiger charge is 2.49. The normalized spacial score (nSPS) is 15.4. The van der Waals surface area contributed by atoms with Gasteiger partial charge in [0.1, 0.15) is 0 Å². The SMILES string of the molecule is CC1C(C)(C)c2cccc(-c3ccccc3-n3c4ccccc4c4ccc5c6ccccc6n(-c6ccccc6-c6nc(-c7ccccc7)nc(-c7ccccc7)n6)c5c43)c2C1(C)C. The third-order valence-corrected chi connectivity index (χ3v) is 14.6. The second-order valence-corrected chi connectivity index (χ2v) is 18.5. The summed E-state index contributed by atoms with van der Waals surface area (Å²) in [5.74, 6) is 2.34. The van der Waals surface area contributed by atoms with Gasteiger partial charge in [0.2, 0.25) is 0 Å². The summed E-state index contributed by atoms with van der Waals surface area (Å²) in [5.41, 5.74) is 15.0. The van der Waals surface area contributed by atoms with E-state index in [1.165, 1.54) is 49.3 Å². The van der Waals surface area contributed by atoms with Gasteiger partial charge < -0.3 is 9.13 Å². The maximum atomic E-state index is 5.25. The van der Waals surface area contributed by atoms with E-state index in [2.05, 4.69) is 195 Å². The van der Waals surface area contributed by atoms with Crippen LogP contribution in [0.15, 0.2) is 188 Å². The summed E-state index contributed by atoms with van der Waals surface area (Å²) in [5, 5.41) is 4.78. The number of para-hydroxylation sites is 4. The molecule has 12 rings (SSSR count). The van der Waals surface area contributed by atoms with Crippen LogP contribution >= 0.6 is 0 Å². The van der Waals surface area contributed by atoms with E-state index >= 15 is 0 Å². The van der Waals surface area contributed by atoms with Crippen molar-refractivity contribution < 1.29 is 0 Å². The van der Waals surface area contributed by atoms with Gasteiger partial charge in [-0.25, -0.2) is 15.0 Å². The first-order chi connectivity index (χ1) is 31.2. The fourth-order valence-electron chi connectivity index (χ4n) is 11.0. The van der Waals surface area contributed by atoms with Gasteiger partial charge in [-0.15, -0.1) is 0 Å². The third-order valence-electron chi connectivity index (χ3n) is 14.6. The summed E-state index contributed by atoms with van der Waals surface area (Å²) in [6.45, 7) is 12.1. The molecule has 308 valence electrons. The Bertz CT molecular complexity index is 3570. The second-order valence-electron chi connectivity index (χ2n) is 18.5. The molecule has 11 aromatic rings. The molecule has 0 aliphatic heterocycles. The topological polar surface area (TPSA) is 48.5 Å². The van der Waals surface area contributed by atoms with Crippen molar-refractivity contribution >= 4 is 43.6 Å². The van der Waals surface area contributed by atoms with Crippen molar-refractivity contribution in [2.45, 2.75) is 45.4 Å². The molecule has 0 amide bonds. The van der Waals surface area contributed by atoms with Gasteiger partial charge in [-0.05, 0) is 63.8 Å². The molecule has 1 aliphatic rings. The van der Waals surface area contributed by atoms with Crippen LogP contribution in [-0.2, 0) is 10.8 Å². The summed E-state index contributed by atoms with van der Waals surface area (Å²) in [4.78, 5) is 15.6. The molecule has 8 aromatic carbocycles. The zero-order chi connectivity index (χ0) is 43.3. The Hall–Kier alpha value is -7.63. The predicted molar refractivity (Wildman–Crippen MR) is 265 cm³/mol. The summed E-state index contributed by atoms with van der Waals surface area (Å²) in [6, 6.07) is 67.4. The lowest BCUT2D eigenvalue weighted by molar-refractivity contribution is 0.264. The summed E-state index contributed by atoms with van der Waals surface area (Å²) in [7, 11) is 0. The number of fused-ring (bicyclic) bond motifs is 8. The molecule has 0 radical (unpaired) electrons. The van der Waals surface area contributed by atoms with Crippen LogP contribution in [0.1, 0.15) is 45.7 Å². The number of hydrogen-bond donors (Lipinski definition) is 0. The van der Waals surface area contributed by atoms with Gasteiger partial charge in [-0.1, -0.05) is 192 Å². The van der Waals surface area contributed by atoms with Gasteiger partial charge in [-0.3, -0.25) is 0 Å². The van der Waals surface area contributed by atoms with Crippen molar-refractivity contribution in [1.29, 1.82) is 0 Å². The van der Waals surface area contributed by atoms with E-state index in [1.807, 2.05) is 36.4 Å². The molecule has 1 aliphatic carbocycles. The van der Waals surface area contributed by atoms with Crippen molar-refractivity contribution in [3.63, 3.8) is 0 Å². The van der Waals surface area contributed by atoms with Crippen molar-refractivity contribution in [3.8, 4) is 56.7 Å². The molecule has 0 N–H and O–H groups in total. The fourth-order valence-corrected chi connectivity index (χ4v) is 11.0. The van der Waals surface area contributed by atoms with Crippen LogP contribution in [-0.4, -0.2) is 24.1 Å². The smallest absolute Gasteiger partial charge is 0.166 e. The first-order valence-electron chi connectivity index (χ1n) is 22.4. The molecule has 5 heteroatoms. The van der Waals surface area contributed by atoms with Crippen molar-refractivity contribution in [3.05, 3.63) is 199 Å². The van der Waals surface area contributed by atoms with Gasteiger partial charge >= 0.3 is 0 Å². The van der Waals surface area contributed by atoms with E-state index in [-0.39, 0.29) is 10.8 Å². The predicted octanol–water partition coefficient (Wildman–Crippen LogP) is 14.9. The molecule has 0 spiro atoms. The molecule has 3 aromatic heterocycles. The quantitative estimate of drug-likeness (QED) is 0.168. The van der Waals surface area contributed by atoms with Crippen LogP contribution in [0.2, 0.25) is 0 Å². The minimum Gasteiger partial charge on any atom is -0.307 e. The Kier molecular flexibility index (Phi) is 8.45. The molecule has 5 nitrogen and oxygen atoms in total.